The second-order valence-corrected chi connectivity index (χ2v) is 15.3. The number of fused-ring (bicyclic) bond motifs is 1. The van der Waals surface area contributed by atoms with E-state index in [4.69, 9.17) is 22.9 Å². The van der Waals surface area contributed by atoms with E-state index in [2.05, 4.69) is 54.5 Å². The number of carbonyl (C=O) groups is 9. The lowest BCUT2D eigenvalue weighted by atomic mass is 10.00. The molecule has 7 atom stereocenters. The summed E-state index contributed by atoms with van der Waals surface area (Å²) < 4.78 is 0. The lowest BCUT2D eigenvalue weighted by Gasteiger charge is -2.27. The zero-order chi connectivity index (χ0) is 47.4. The molecule has 0 saturated heterocycles. The summed E-state index contributed by atoms with van der Waals surface area (Å²) in [7, 11) is 0. The Kier molecular flexibility index (Phi) is 21.8. The maximum absolute atomic E-state index is 14.1. The van der Waals surface area contributed by atoms with Gasteiger partial charge in [-0.15, -0.1) is 0 Å². The molecule has 0 unspecified atom stereocenters. The summed E-state index contributed by atoms with van der Waals surface area (Å²) in [6, 6.07) is -3.57. The smallest absolute Gasteiger partial charge is 0.326 e. The zero-order valence-electron chi connectivity index (χ0n) is 34.8. The Hall–Kier alpha value is -6.47. The van der Waals surface area contributed by atoms with Crippen molar-refractivity contribution in [3.05, 3.63) is 36.0 Å². The Morgan fingerprint density at radius 2 is 1.27 bits per heavy atom. The first-order chi connectivity index (χ1) is 29.7. The quantitative estimate of drug-likeness (QED) is 0.0167. The zero-order valence-corrected chi connectivity index (χ0v) is 35.7. The number of aliphatic hydroxyl groups is 1. The third-order valence-corrected chi connectivity index (χ3v) is 9.70. The number of aliphatic carboxylic acids is 2. The molecule has 0 bridgehead atoms. The van der Waals surface area contributed by atoms with E-state index < -0.39 is 121 Å². The first-order valence-corrected chi connectivity index (χ1v) is 20.4. The fourth-order valence-electron chi connectivity index (χ4n) is 6.05. The number of guanidine groups is 1. The molecule has 0 spiro atoms. The van der Waals surface area contributed by atoms with Crippen molar-refractivity contribution in [3.8, 4) is 0 Å². The number of hydrogen-bond acceptors (Lipinski definition) is 13. The van der Waals surface area contributed by atoms with Crippen molar-refractivity contribution in [2.24, 2.45) is 33.8 Å². The number of nitrogens with zero attached hydrogens (tertiary/aromatic N) is 1. The van der Waals surface area contributed by atoms with Crippen molar-refractivity contribution in [2.45, 2.75) is 101 Å². The minimum absolute atomic E-state index is 0.0178. The number of nitrogens with one attached hydrogen (secondary N) is 7. The molecule has 24 nitrogen and oxygen atoms in total. The van der Waals surface area contributed by atoms with Gasteiger partial charge in [0.1, 0.15) is 36.3 Å². The molecular formula is C38H58N12O12S. The van der Waals surface area contributed by atoms with Gasteiger partial charge in [-0.1, -0.05) is 32.0 Å². The number of hydrogen-bond donors (Lipinski definition) is 15. The minimum atomic E-state index is -1.87. The second kappa shape index (κ2) is 26.1. The van der Waals surface area contributed by atoms with Gasteiger partial charge in [-0.05, 0) is 43.2 Å². The average Bonchev–Trinajstić information content (AvgIpc) is 3.62. The molecule has 0 aliphatic rings. The SMILES string of the molecule is CC(C)C[C@H](NC(=O)[C@H](CO)NC(=O)[C@H](CCCN=C(N)N)NC(=O)[C@@H](N)CS)C(=O)N[C@@H](Cc1c[nH]c2ccccc12)C(=O)N[C@@H](CC(=O)O)C(=O)N[C@@H](CCC(N)=O)C(=O)O. The molecule has 2 rings (SSSR count). The summed E-state index contributed by atoms with van der Waals surface area (Å²) in [5.41, 5.74) is 22.8. The summed E-state index contributed by atoms with van der Waals surface area (Å²) >= 11 is 4.00. The van der Waals surface area contributed by atoms with Crippen LogP contribution in [0.4, 0.5) is 0 Å². The van der Waals surface area contributed by atoms with Crippen LogP contribution in [0.25, 0.3) is 10.9 Å². The van der Waals surface area contributed by atoms with Crippen LogP contribution in [0, 0.1) is 5.92 Å². The predicted molar refractivity (Wildman–Crippen MR) is 230 cm³/mol. The number of rotatable bonds is 28. The number of nitrogens with two attached hydrogens (primary N) is 4. The predicted octanol–water partition coefficient (Wildman–Crippen LogP) is -4.21. The van der Waals surface area contributed by atoms with E-state index in [1.54, 1.807) is 44.3 Å². The number of primary amides is 1. The molecule has 348 valence electrons. The van der Waals surface area contributed by atoms with Crippen LogP contribution in [-0.2, 0) is 49.6 Å². The fraction of sp³-hybridized carbons (Fsp3) is 0.526. The Labute approximate surface area is 367 Å². The fourth-order valence-corrected chi connectivity index (χ4v) is 6.22. The number of aromatic amines is 1. The molecular weight excluding hydrogens is 849 g/mol. The number of carboxylic acids is 2. The van der Waals surface area contributed by atoms with Gasteiger partial charge < -0.3 is 75.1 Å². The molecule has 1 aromatic heterocycles. The average molecular weight is 907 g/mol. The van der Waals surface area contributed by atoms with Gasteiger partial charge in [-0.3, -0.25) is 43.3 Å². The van der Waals surface area contributed by atoms with Crippen LogP contribution in [0.2, 0.25) is 0 Å². The molecule has 63 heavy (non-hydrogen) atoms. The summed E-state index contributed by atoms with van der Waals surface area (Å²) in [5, 5.41) is 44.3. The van der Waals surface area contributed by atoms with Gasteiger partial charge in [0.25, 0.3) is 0 Å². The van der Waals surface area contributed by atoms with Crippen LogP contribution in [0.5, 0.6) is 0 Å². The molecule has 1 heterocycles. The number of benzene rings is 1. The van der Waals surface area contributed by atoms with Crippen LogP contribution < -0.4 is 54.8 Å². The maximum Gasteiger partial charge on any atom is 0.326 e. The molecule has 2 aromatic rings. The number of aliphatic hydroxyl groups excluding tert-OH is 1. The van der Waals surface area contributed by atoms with Crippen molar-refractivity contribution in [2.75, 3.05) is 18.9 Å². The lowest BCUT2D eigenvalue weighted by Crippen LogP contribution is -2.61. The Bertz CT molecular complexity index is 1970. The van der Waals surface area contributed by atoms with Crippen molar-refractivity contribution < 1.29 is 58.5 Å². The molecule has 1 aromatic carbocycles. The molecule has 7 amide bonds. The maximum atomic E-state index is 14.1. The van der Waals surface area contributed by atoms with Crippen LogP contribution in [-0.4, -0.2) is 141 Å². The summed E-state index contributed by atoms with van der Waals surface area (Å²) in [6.07, 6.45) is -0.417. The van der Waals surface area contributed by atoms with Gasteiger partial charge in [-0.25, -0.2) is 4.79 Å². The van der Waals surface area contributed by atoms with Gasteiger partial charge in [0.05, 0.1) is 19.1 Å². The van der Waals surface area contributed by atoms with Gasteiger partial charge in [0.15, 0.2) is 5.96 Å². The first kappa shape index (κ1) is 52.7. The molecule has 0 radical (unpaired) electrons. The number of para-hydroxylation sites is 1. The number of aromatic nitrogens is 1. The highest BCUT2D eigenvalue weighted by Crippen LogP contribution is 2.20. The van der Waals surface area contributed by atoms with Gasteiger partial charge in [0.2, 0.25) is 41.4 Å². The highest BCUT2D eigenvalue weighted by molar-refractivity contribution is 7.80. The van der Waals surface area contributed by atoms with Gasteiger partial charge in [-0.2, -0.15) is 12.6 Å². The number of carbonyl (C=O) groups excluding carboxylic acids is 7. The Morgan fingerprint density at radius 3 is 1.86 bits per heavy atom. The number of aliphatic imine (C=N–C) groups is 1. The molecule has 0 aliphatic carbocycles. The van der Waals surface area contributed by atoms with Crippen LogP contribution in [0.3, 0.4) is 0 Å². The Balaban J connectivity index is 2.42. The highest BCUT2D eigenvalue weighted by atomic mass is 32.1. The van der Waals surface area contributed by atoms with Crippen LogP contribution in [0.15, 0.2) is 35.5 Å². The minimum Gasteiger partial charge on any atom is -0.481 e. The van der Waals surface area contributed by atoms with Gasteiger partial charge >= 0.3 is 11.9 Å². The first-order valence-electron chi connectivity index (χ1n) is 19.8. The monoisotopic (exact) mass is 906 g/mol. The molecule has 0 fully saturated rings. The third-order valence-electron chi connectivity index (χ3n) is 9.31. The Morgan fingerprint density at radius 1 is 0.730 bits per heavy atom. The van der Waals surface area contributed by atoms with Crippen molar-refractivity contribution in [1.29, 1.82) is 0 Å². The van der Waals surface area contributed by atoms with Crippen LogP contribution >= 0.6 is 12.6 Å². The second-order valence-electron chi connectivity index (χ2n) is 14.9. The topological polar surface area (TPSA) is 419 Å². The van der Waals surface area contributed by atoms with Crippen LogP contribution in [0.1, 0.15) is 57.9 Å². The number of amides is 7. The largest absolute Gasteiger partial charge is 0.481 e. The normalized spacial score (nSPS) is 14.4. The molecule has 25 heteroatoms. The van der Waals surface area contributed by atoms with E-state index in [-0.39, 0.29) is 49.9 Å². The van der Waals surface area contributed by atoms with Crippen molar-refractivity contribution in [3.63, 3.8) is 0 Å². The van der Waals surface area contributed by atoms with E-state index in [1.165, 1.54) is 0 Å². The van der Waals surface area contributed by atoms with Gasteiger partial charge in [0, 0.05) is 42.2 Å². The van der Waals surface area contributed by atoms with E-state index in [0.29, 0.717) is 16.5 Å². The van der Waals surface area contributed by atoms with E-state index in [1.807, 2.05) is 0 Å². The summed E-state index contributed by atoms with van der Waals surface area (Å²) in [4.78, 5) is 123. The standard InChI is InChI=1S/C38H58N12O12S/c1-18(2)12-25(47-36(60)28(16-51)50-32(56)23(8-5-11-43-38(41)42)45-31(55)21(39)17-63)33(57)48-26(13-19-15-44-22-7-4-3-6-20(19)22)34(58)49-27(14-30(53)54)35(59)46-24(37(61)62)9-10-29(40)52/h3-4,6-7,15,18,21,23-28,44,51,63H,5,8-14,16-17,39H2,1-2H3,(H2,40,52)(H,45,55)(H,46,59)(H,47,60)(H,48,57)(H,49,58)(H,50,56)(H,53,54)(H,61,62)(H4,41,42,43)/t21-,23-,24-,25-,26-,27-,28-/m0/s1. The molecule has 18 N–H and O–H groups in total. The molecule has 0 aliphatic heterocycles. The highest BCUT2D eigenvalue weighted by Gasteiger charge is 2.35. The lowest BCUT2D eigenvalue weighted by molar-refractivity contribution is -0.144. The molecule has 0 saturated carbocycles. The van der Waals surface area contributed by atoms with E-state index in [0.717, 1.165) is 0 Å². The van der Waals surface area contributed by atoms with E-state index in [9.17, 15) is 58.5 Å². The summed E-state index contributed by atoms with van der Waals surface area (Å²) in [6.45, 7) is 2.58. The number of carboxylic acid groups (broad SMARTS) is 2. The van der Waals surface area contributed by atoms with Crippen molar-refractivity contribution >= 4 is 82.8 Å². The van der Waals surface area contributed by atoms with E-state index >= 15 is 0 Å². The number of H-pyrrole nitrogens is 1. The third kappa shape index (κ3) is 18.2. The van der Waals surface area contributed by atoms with Crippen molar-refractivity contribution in [1.82, 2.24) is 36.9 Å². The number of thiol groups is 1. The summed E-state index contributed by atoms with van der Waals surface area (Å²) in [5.74, 6) is -10.4.